The Kier molecular flexibility index (Phi) is 5.63. The smallest absolute Gasteiger partial charge is 0.268 e. The van der Waals surface area contributed by atoms with E-state index in [-0.39, 0.29) is 35.7 Å². The van der Waals surface area contributed by atoms with Crippen molar-refractivity contribution in [1.29, 1.82) is 0 Å². The average molecular weight is 341 g/mol. The molecular formula is C19H23N3O3. The van der Waals surface area contributed by atoms with Crippen LogP contribution in [0.2, 0.25) is 0 Å². The van der Waals surface area contributed by atoms with E-state index in [1.165, 1.54) is 11.6 Å². The van der Waals surface area contributed by atoms with Crippen molar-refractivity contribution in [3.05, 3.63) is 70.1 Å². The summed E-state index contributed by atoms with van der Waals surface area (Å²) in [6.45, 7) is 2.40. The maximum Gasteiger partial charge on any atom is 0.268 e. The first-order chi connectivity index (χ1) is 12.2. The van der Waals surface area contributed by atoms with Crippen LogP contribution < -0.4 is 10.9 Å². The zero-order valence-electron chi connectivity index (χ0n) is 14.0. The molecule has 1 aromatic heterocycles. The quantitative estimate of drug-likeness (QED) is 0.757. The van der Waals surface area contributed by atoms with Crippen molar-refractivity contribution in [2.75, 3.05) is 19.7 Å². The van der Waals surface area contributed by atoms with Gasteiger partial charge in [0.25, 0.3) is 5.91 Å². The van der Waals surface area contributed by atoms with Gasteiger partial charge in [-0.3, -0.25) is 14.5 Å². The highest BCUT2D eigenvalue weighted by Crippen LogP contribution is 2.19. The highest BCUT2D eigenvalue weighted by Gasteiger charge is 2.30. The molecule has 0 radical (unpaired) electrons. The average Bonchev–Trinajstić information content (AvgIpc) is 2.63. The third-order valence-corrected chi connectivity index (χ3v) is 4.65. The van der Waals surface area contributed by atoms with Gasteiger partial charge in [0, 0.05) is 37.7 Å². The maximum atomic E-state index is 12.4. The molecule has 0 aliphatic carbocycles. The number of nitrogens with zero attached hydrogens (tertiary/aromatic N) is 1. The zero-order valence-corrected chi connectivity index (χ0v) is 14.0. The van der Waals surface area contributed by atoms with Crippen LogP contribution >= 0.6 is 0 Å². The topological polar surface area (TPSA) is 85.4 Å². The molecule has 0 spiro atoms. The van der Waals surface area contributed by atoms with Crippen molar-refractivity contribution >= 4 is 5.91 Å². The normalized spacial score (nSPS) is 21.0. The van der Waals surface area contributed by atoms with Crippen molar-refractivity contribution < 1.29 is 9.90 Å². The van der Waals surface area contributed by atoms with Crippen LogP contribution in [0.15, 0.2) is 53.3 Å². The Morgan fingerprint density at radius 1 is 1.20 bits per heavy atom. The van der Waals surface area contributed by atoms with Crippen molar-refractivity contribution in [2.45, 2.75) is 19.0 Å². The molecule has 0 bridgehead atoms. The lowest BCUT2D eigenvalue weighted by atomic mass is 9.91. The predicted octanol–water partition coefficient (Wildman–Crippen LogP) is 0.988. The number of nitrogens with one attached hydrogen (secondary N) is 2. The molecule has 132 valence electrons. The summed E-state index contributed by atoms with van der Waals surface area (Å²) in [5, 5.41) is 12.6. The summed E-state index contributed by atoms with van der Waals surface area (Å²) in [5.41, 5.74) is 1.16. The fourth-order valence-electron chi connectivity index (χ4n) is 3.26. The van der Waals surface area contributed by atoms with Gasteiger partial charge in [0.05, 0.1) is 0 Å². The molecule has 3 rings (SSSR count). The van der Waals surface area contributed by atoms with Gasteiger partial charge in [0.15, 0.2) is 0 Å². The van der Waals surface area contributed by atoms with E-state index in [4.69, 9.17) is 0 Å². The minimum atomic E-state index is -0.317. The van der Waals surface area contributed by atoms with Crippen LogP contribution in [0.25, 0.3) is 0 Å². The van der Waals surface area contributed by atoms with Gasteiger partial charge in [-0.15, -0.1) is 0 Å². The number of amides is 1. The zero-order chi connectivity index (χ0) is 17.6. The van der Waals surface area contributed by atoms with Gasteiger partial charge in [-0.05, 0) is 24.6 Å². The van der Waals surface area contributed by atoms with Gasteiger partial charge in [-0.25, -0.2) is 0 Å². The SMILES string of the molecule is O=C(N[C@@H]1CN(Cc2ccccc2)CC[C@@H]1CO)c1cccc(=O)[nH]1. The molecule has 6 nitrogen and oxygen atoms in total. The Bertz CT molecular complexity index is 760. The molecule has 1 aliphatic heterocycles. The van der Waals surface area contributed by atoms with Crippen LogP contribution in [0.1, 0.15) is 22.5 Å². The second kappa shape index (κ2) is 8.09. The van der Waals surface area contributed by atoms with Gasteiger partial charge in [0.2, 0.25) is 5.56 Å². The summed E-state index contributed by atoms with van der Waals surface area (Å²) in [6.07, 6.45) is 0.819. The molecule has 0 saturated carbocycles. The first kappa shape index (κ1) is 17.4. The fourth-order valence-corrected chi connectivity index (χ4v) is 3.26. The Morgan fingerprint density at radius 2 is 2.00 bits per heavy atom. The van der Waals surface area contributed by atoms with E-state index in [2.05, 4.69) is 27.3 Å². The summed E-state index contributed by atoms with van der Waals surface area (Å²) in [4.78, 5) is 28.6. The predicted molar refractivity (Wildman–Crippen MR) is 95.2 cm³/mol. The molecule has 1 aromatic carbocycles. The number of hydrogen-bond donors (Lipinski definition) is 3. The highest BCUT2D eigenvalue weighted by molar-refractivity contribution is 5.92. The second-order valence-corrected chi connectivity index (χ2v) is 6.46. The first-order valence-electron chi connectivity index (χ1n) is 8.53. The van der Waals surface area contributed by atoms with Crippen LogP contribution in [0.5, 0.6) is 0 Å². The standard InChI is InChI=1S/C19H23N3O3/c23-13-15-9-10-22(11-14-5-2-1-3-6-14)12-17(15)21-19(25)16-7-4-8-18(24)20-16/h1-8,15,17,23H,9-13H2,(H,20,24)(H,21,25)/t15-,17-/m1/s1. The van der Waals surface area contributed by atoms with E-state index in [1.54, 1.807) is 12.1 Å². The van der Waals surface area contributed by atoms with E-state index >= 15 is 0 Å². The second-order valence-electron chi connectivity index (χ2n) is 6.46. The molecule has 2 atom stereocenters. The number of aliphatic hydroxyl groups is 1. The van der Waals surface area contributed by atoms with Crippen LogP contribution in [-0.2, 0) is 6.54 Å². The van der Waals surface area contributed by atoms with Gasteiger partial charge < -0.3 is 15.4 Å². The number of rotatable bonds is 5. The molecular weight excluding hydrogens is 318 g/mol. The Labute approximate surface area is 146 Å². The lowest BCUT2D eigenvalue weighted by Crippen LogP contribution is -2.53. The number of carbonyl (C=O) groups excluding carboxylic acids is 1. The lowest BCUT2D eigenvalue weighted by Gasteiger charge is -2.38. The maximum absolute atomic E-state index is 12.4. The summed E-state index contributed by atoms with van der Waals surface area (Å²) in [5.74, 6) is -0.297. The lowest BCUT2D eigenvalue weighted by molar-refractivity contribution is 0.0727. The molecule has 1 saturated heterocycles. The summed E-state index contributed by atoms with van der Waals surface area (Å²) >= 11 is 0. The van der Waals surface area contributed by atoms with Crippen molar-refractivity contribution in [3.8, 4) is 0 Å². The minimum absolute atomic E-state index is 0.0198. The van der Waals surface area contributed by atoms with Crippen LogP contribution in [-0.4, -0.2) is 46.6 Å². The van der Waals surface area contributed by atoms with E-state index < -0.39 is 0 Å². The van der Waals surface area contributed by atoms with Crippen molar-refractivity contribution in [2.24, 2.45) is 5.92 Å². The molecule has 3 N–H and O–H groups in total. The minimum Gasteiger partial charge on any atom is -0.396 e. The highest BCUT2D eigenvalue weighted by atomic mass is 16.3. The molecule has 25 heavy (non-hydrogen) atoms. The Balaban J connectivity index is 1.66. The molecule has 1 amide bonds. The van der Waals surface area contributed by atoms with Crippen LogP contribution in [0, 0.1) is 5.92 Å². The number of aromatic amines is 1. The molecule has 1 aliphatic rings. The number of likely N-dealkylation sites (tertiary alicyclic amines) is 1. The fraction of sp³-hybridized carbons (Fsp3) is 0.368. The number of benzene rings is 1. The monoisotopic (exact) mass is 341 g/mol. The van der Waals surface area contributed by atoms with Gasteiger partial charge in [-0.1, -0.05) is 36.4 Å². The summed E-state index contributed by atoms with van der Waals surface area (Å²) in [7, 11) is 0. The number of aromatic nitrogens is 1. The van der Waals surface area contributed by atoms with E-state index in [0.29, 0.717) is 6.54 Å². The van der Waals surface area contributed by atoms with Gasteiger partial charge in [-0.2, -0.15) is 0 Å². The number of hydrogen-bond acceptors (Lipinski definition) is 4. The number of pyridine rings is 1. The van der Waals surface area contributed by atoms with Crippen LogP contribution in [0.3, 0.4) is 0 Å². The van der Waals surface area contributed by atoms with E-state index in [9.17, 15) is 14.7 Å². The summed E-state index contributed by atoms with van der Waals surface area (Å²) < 4.78 is 0. The number of H-pyrrole nitrogens is 1. The number of piperidine rings is 1. The number of carbonyl (C=O) groups is 1. The van der Waals surface area contributed by atoms with Crippen molar-refractivity contribution in [3.63, 3.8) is 0 Å². The molecule has 6 heteroatoms. The van der Waals surface area contributed by atoms with E-state index in [1.807, 2.05) is 18.2 Å². The van der Waals surface area contributed by atoms with Gasteiger partial charge >= 0.3 is 0 Å². The Morgan fingerprint density at radius 3 is 2.72 bits per heavy atom. The summed E-state index contributed by atoms with van der Waals surface area (Å²) in [6, 6.07) is 14.5. The largest absolute Gasteiger partial charge is 0.396 e. The van der Waals surface area contributed by atoms with Gasteiger partial charge in [0.1, 0.15) is 5.69 Å². The molecule has 2 heterocycles. The molecule has 2 aromatic rings. The third-order valence-electron chi connectivity index (χ3n) is 4.65. The number of aliphatic hydroxyl groups excluding tert-OH is 1. The van der Waals surface area contributed by atoms with E-state index in [0.717, 1.165) is 19.5 Å². The molecule has 1 fully saturated rings. The molecule has 0 unspecified atom stereocenters. The van der Waals surface area contributed by atoms with Crippen LogP contribution in [0.4, 0.5) is 0 Å². The van der Waals surface area contributed by atoms with Crippen molar-refractivity contribution in [1.82, 2.24) is 15.2 Å². The third kappa shape index (κ3) is 4.55. The first-order valence-corrected chi connectivity index (χ1v) is 8.53. The Hall–Kier alpha value is -2.44.